The molecule has 11 nitrogen and oxygen atoms in total. The van der Waals surface area contributed by atoms with E-state index in [0.29, 0.717) is 24.5 Å². The van der Waals surface area contributed by atoms with E-state index in [1.807, 2.05) is 18.2 Å². The van der Waals surface area contributed by atoms with Gasteiger partial charge in [0.05, 0.1) is 50.4 Å². The van der Waals surface area contributed by atoms with Crippen molar-refractivity contribution in [3.63, 3.8) is 0 Å². The van der Waals surface area contributed by atoms with Crippen molar-refractivity contribution in [3.8, 4) is 17.2 Å². The van der Waals surface area contributed by atoms with E-state index in [1.165, 1.54) is 31.3 Å². The summed E-state index contributed by atoms with van der Waals surface area (Å²) in [7, 11) is 2.82. The number of benzene rings is 2. The summed E-state index contributed by atoms with van der Waals surface area (Å²) in [5.74, 6) is -5.62. The number of phenolic OH excluding ortho intramolecular Hbond substituents is 1. The minimum atomic E-state index is -2.09. The van der Waals surface area contributed by atoms with Gasteiger partial charge in [-0.3, -0.25) is 29.0 Å². The van der Waals surface area contributed by atoms with Gasteiger partial charge in [0, 0.05) is 42.4 Å². The molecule has 14 heteroatoms. The number of alkyl halides is 3. The van der Waals surface area contributed by atoms with Gasteiger partial charge in [0.15, 0.2) is 9.75 Å². The molecule has 0 spiro atoms. The first-order valence-electron chi connectivity index (χ1n) is 15.3. The Bertz CT molecular complexity index is 1720. The molecule has 2 aliphatic carbocycles. The van der Waals surface area contributed by atoms with Crippen molar-refractivity contribution in [2.75, 3.05) is 55.8 Å². The van der Waals surface area contributed by atoms with Gasteiger partial charge in [0.1, 0.15) is 17.2 Å². The van der Waals surface area contributed by atoms with Gasteiger partial charge >= 0.3 is 0 Å². The molecule has 1 saturated carbocycles. The number of likely N-dealkylation sites (tertiary alicyclic amines) is 1. The highest BCUT2D eigenvalue weighted by Crippen LogP contribution is 2.67. The fraction of sp³-hybridized carbons (Fsp3) is 0.455. The minimum absolute atomic E-state index is 0.132. The Morgan fingerprint density at radius 2 is 1.64 bits per heavy atom. The number of aromatic hydroxyl groups is 1. The molecular weight excluding hydrogens is 717 g/mol. The third-order valence-electron chi connectivity index (χ3n) is 10.3. The standard InChI is InChI=1S/C33H32BrCl2N3O8/c1-45-19-13-23(40)26(24(14-19)46-2)27-20-7-8-21-25(22(20)15-32(35)30(43)38(16-34)31(44)33(27,32)36)29(42)39(28(21)41)18-5-3-17(4-6-18)37-9-11-47-12-10-37/h3-7,13-14,21-22,25,27,40H,8-12,15-16H2,1-2H3/t21-,22+,25-,27+,32+,33-/m0/s1. The molecule has 47 heavy (non-hydrogen) atoms. The number of amides is 4. The lowest BCUT2D eigenvalue weighted by atomic mass is 9.56. The number of hydrogen-bond donors (Lipinski definition) is 1. The average molecular weight is 749 g/mol. The van der Waals surface area contributed by atoms with Crippen molar-refractivity contribution in [1.29, 1.82) is 0 Å². The van der Waals surface area contributed by atoms with Crippen LogP contribution in [-0.2, 0) is 23.9 Å². The first kappa shape index (κ1) is 32.2. The van der Waals surface area contributed by atoms with Crippen LogP contribution in [0.4, 0.5) is 11.4 Å². The van der Waals surface area contributed by atoms with Gasteiger partial charge in [0.25, 0.3) is 11.8 Å². The van der Waals surface area contributed by atoms with Gasteiger partial charge in [-0.05, 0) is 43.0 Å². The number of morpholine rings is 1. The normalized spacial score (nSPS) is 31.9. The zero-order chi connectivity index (χ0) is 33.4. The number of phenols is 1. The smallest absolute Gasteiger partial charge is 0.254 e. The second-order valence-electron chi connectivity index (χ2n) is 12.4. The number of halogens is 3. The van der Waals surface area contributed by atoms with Gasteiger partial charge in [-0.2, -0.15) is 0 Å². The predicted octanol–water partition coefficient (Wildman–Crippen LogP) is 4.16. The van der Waals surface area contributed by atoms with E-state index >= 15 is 0 Å². The molecule has 2 aromatic rings. The maximum atomic E-state index is 14.4. The second kappa shape index (κ2) is 11.7. The molecule has 5 aliphatic rings. The van der Waals surface area contributed by atoms with E-state index in [2.05, 4.69) is 20.8 Å². The number of anilines is 2. The molecule has 248 valence electrons. The fourth-order valence-electron chi connectivity index (χ4n) is 8.12. The minimum Gasteiger partial charge on any atom is -0.507 e. The monoisotopic (exact) mass is 747 g/mol. The van der Waals surface area contributed by atoms with Crippen LogP contribution in [0.3, 0.4) is 0 Å². The fourth-order valence-corrected chi connectivity index (χ4v) is 9.53. The summed E-state index contributed by atoms with van der Waals surface area (Å²) in [6.07, 6.45) is 1.83. The number of nitrogens with zero attached hydrogens (tertiary/aromatic N) is 3. The molecule has 4 fully saturated rings. The zero-order valence-corrected chi connectivity index (χ0v) is 28.7. The summed E-state index contributed by atoms with van der Waals surface area (Å²) >= 11 is 17.8. The van der Waals surface area contributed by atoms with E-state index in [1.54, 1.807) is 12.1 Å². The highest BCUT2D eigenvalue weighted by molar-refractivity contribution is 9.09. The van der Waals surface area contributed by atoms with Gasteiger partial charge in [-0.1, -0.05) is 27.6 Å². The Morgan fingerprint density at radius 3 is 2.28 bits per heavy atom. The van der Waals surface area contributed by atoms with Crippen LogP contribution in [0.2, 0.25) is 0 Å². The third-order valence-corrected chi connectivity index (χ3v) is 12.3. The summed E-state index contributed by atoms with van der Waals surface area (Å²) in [4.78, 5) is 56.6. The van der Waals surface area contributed by atoms with Crippen LogP contribution >= 0.6 is 39.1 Å². The Labute approximate surface area is 289 Å². The number of methoxy groups -OCH3 is 2. The Kier molecular flexibility index (Phi) is 8.01. The van der Waals surface area contributed by atoms with Crippen molar-refractivity contribution in [2.45, 2.75) is 28.5 Å². The SMILES string of the molecule is COc1cc(O)c([C@H]2C3=CC[C@@H]4C(=O)N(c5ccc(N6CCOCC6)cc5)C(=O)[C@@H]4[C@@H]3C[C@@]3(Cl)C(=O)N(CBr)C(=O)[C@@]23Cl)c(OC)c1. The lowest BCUT2D eigenvalue weighted by Gasteiger charge is -2.51. The molecule has 7 rings (SSSR count). The van der Waals surface area contributed by atoms with Crippen LogP contribution in [0.5, 0.6) is 17.2 Å². The van der Waals surface area contributed by atoms with Crippen molar-refractivity contribution in [1.82, 2.24) is 4.90 Å². The van der Waals surface area contributed by atoms with E-state index in [0.717, 1.165) is 23.7 Å². The number of carbonyl (C=O) groups is 4. The Hall–Kier alpha value is -3.32. The summed E-state index contributed by atoms with van der Waals surface area (Å²) in [6.45, 7) is 2.73. The zero-order valence-electron chi connectivity index (χ0n) is 25.6. The molecule has 0 radical (unpaired) electrons. The quantitative estimate of drug-likeness (QED) is 0.201. The summed E-state index contributed by atoms with van der Waals surface area (Å²) < 4.78 is 16.4. The molecular formula is C33H32BrCl2N3O8. The third kappa shape index (κ3) is 4.47. The lowest BCUT2D eigenvalue weighted by molar-refractivity contribution is -0.138. The predicted molar refractivity (Wildman–Crippen MR) is 177 cm³/mol. The van der Waals surface area contributed by atoms with Crippen molar-refractivity contribution < 1.29 is 38.5 Å². The lowest BCUT2D eigenvalue weighted by Crippen LogP contribution is -2.60. The van der Waals surface area contributed by atoms with E-state index < -0.39 is 51.1 Å². The van der Waals surface area contributed by atoms with Crippen molar-refractivity contribution >= 4 is 74.1 Å². The van der Waals surface area contributed by atoms with E-state index in [-0.39, 0.29) is 47.0 Å². The van der Waals surface area contributed by atoms with E-state index in [4.69, 9.17) is 37.4 Å². The number of allylic oxidation sites excluding steroid dienone is 2. The van der Waals surface area contributed by atoms with Crippen LogP contribution in [-0.4, -0.2) is 89.4 Å². The molecule has 6 atom stereocenters. The van der Waals surface area contributed by atoms with Gasteiger partial charge < -0.3 is 24.2 Å². The summed E-state index contributed by atoms with van der Waals surface area (Å²) in [5, 5.41) is 11.4. The maximum absolute atomic E-state index is 14.4. The molecule has 3 heterocycles. The maximum Gasteiger partial charge on any atom is 0.254 e. The first-order chi connectivity index (χ1) is 22.5. The topological polar surface area (TPSA) is 126 Å². The van der Waals surface area contributed by atoms with Crippen molar-refractivity contribution in [2.24, 2.45) is 17.8 Å². The second-order valence-corrected chi connectivity index (χ2v) is 14.1. The molecule has 3 aliphatic heterocycles. The largest absolute Gasteiger partial charge is 0.507 e. The van der Waals surface area contributed by atoms with Crippen molar-refractivity contribution in [3.05, 3.63) is 53.6 Å². The number of fused-ring (bicyclic) bond motifs is 4. The van der Waals surface area contributed by atoms with Crippen LogP contribution in [0.25, 0.3) is 0 Å². The number of imide groups is 2. The molecule has 0 bridgehead atoms. The molecule has 0 aromatic heterocycles. The molecule has 3 saturated heterocycles. The number of rotatable bonds is 6. The summed E-state index contributed by atoms with van der Waals surface area (Å²) in [5.41, 5.74) is 1.92. The summed E-state index contributed by atoms with van der Waals surface area (Å²) in [6, 6.07) is 10.2. The van der Waals surface area contributed by atoms with Crippen LogP contribution in [0, 0.1) is 17.8 Å². The highest BCUT2D eigenvalue weighted by Gasteiger charge is 2.76. The van der Waals surface area contributed by atoms with Gasteiger partial charge in [0.2, 0.25) is 11.8 Å². The van der Waals surface area contributed by atoms with Crippen LogP contribution in [0.1, 0.15) is 24.3 Å². The van der Waals surface area contributed by atoms with Gasteiger partial charge in [-0.15, -0.1) is 23.2 Å². The van der Waals surface area contributed by atoms with E-state index in [9.17, 15) is 24.3 Å². The number of carbonyl (C=O) groups excluding carboxylic acids is 4. The van der Waals surface area contributed by atoms with Gasteiger partial charge in [-0.25, -0.2) is 0 Å². The molecule has 1 N–H and O–H groups in total. The number of ether oxygens (including phenoxy) is 3. The number of hydrogen-bond acceptors (Lipinski definition) is 9. The Morgan fingerprint density at radius 1 is 0.957 bits per heavy atom. The highest BCUT2D eigenvalue weighted by atomic mass is 79.9. The van der Waals surface area contributed by atoms with Crippen LogP contribution in [0.15, 0.2) is 48.0 Å². The first-order valence-corrected chi connectivity index (χ1v) is 17.1. The van der Waals surface area contributed by atoms with Crippen LogP contribution < -0.4 is 19.3 Å². The molecule has 2 aromatic carbocycles. The Balaban J connectivity index is 1.33. The molecule has 0 unspecified atom stereocenters. The molecule has 4 amide bonds. The average Bonchev–Trinajstić information content (AvgIpc) is 3.42.